The quantitative estimate of drug-likeness (QED) is 0.421. The number of nitrogens with zero attached hydrogens (tertiary/aromatic N) is 1. The van der Waals surface area contributed by atoms with E-state index < -0.39 is 33.4 Å². The third-order valence-corrected chi connectivity index (χ3v) is 5.28. The van der Waals surface area contributed by atoms with Gasteiger partial charge in [0.2, 0.25) is 10.0 Å². The summed E-state index contributed by atoms with van der Waals surface area (Å²) >= 11 is 0. The SMILES string of the molecule is CCNS(=O)(=O)c1ccc(C(=N)C(=O)Nc2ccc(C#N)cc2C(=O)O)c(O)c1. The zero-order valence-electron chi connectivity index (χ0n) is 15.1. The third kappa shape index (κ3) is 4.75. The van der Waals surface area contributed by atoms with Crippen LogP contribution in [0.25, 0.3) is 0 Å². The summed E-state index contributed by atoms with van der Waals surface area (Å²) in [5, 5.41) is 38.4. The molecule has 150 valence electrons. The van der Waals surface area contributed by atoms with Gasteiger partial charge in [-0.3, -0.25) is 10.2 Å². The fraction of sp³-hybridized carbons (Fsp3) is 0.111. The van der Waals surface area contributed by atoms with Gasteiger partial charge in [-0.2, -0.15) is 5.26 Å². The van der Waals surface area contributed by atoms with Gasteiger partial charge in [0, 0.05) is 18.2 Å². The van der Waals surface area contributed by atoms with Gasteiger partial charge in [-0.05, 0) is 30.3 Å². The number of carbonyl (C=O) groups excluding carboxylic acids is 1. The Morgan fingerprint density at radius 3 is 2.41 bits per heavy atom. The van der Waals surface area contributed by atoms with Crippen molar-refractivity contribution in [2.45, 2.75) is 11.8 Å². The van der Waals surface area contributed by atoms with Gasteiger partial charge in [0.25, 0.3) is 5.91 Å². The highest BCUT2D eigenvalue weighted by atomic mass is 32.2. The van der Waals surface area contributed by atoms with E-state index in [0.29, 0.717) is 0 Å². The molecule has 10 nitrogen and oxygen atoms in total. The van der Waals surface area contributed by atoms with E-state index in [-0.39, 0.29) is 33.8 Å². The number of phenols is 1. The number of nitrogens with one attached hydrogen (secondary N) is 3. The van der Waals surface area contributed by atoms with Crippen molar-refractivity contribution in [2.75, 3.05) is 11.9 Å². The van der Waals surface area contributed by atoms with E-state index in [0.717, 1.165) is 24.3 Å². The Bertz CT molecular complexity index is 1150. The lowest BCUT2D eigenvalue weighted by Crippen LogP contribution is -2.25. The fourth-order valence-corrected chi connectivity index (χ4v) is 3.43. The molecule has 0 fully saturated rings. The molecule has 0 aliphatic heterocycles. The summed E-state index contributed by atoms with van der Waals surface area (Å²) in [4.78, 5) is 23.4. The van der Waals surface area contributed by atoms with Crippen LogP contribution in [0, 0.1) is 16.7 Å². The number of benzene rings is 2. The molecular weight excluding hydrogens is 400 g/mol. The van der Waals surface area contributed by atoms with Crippen molar-refractivity contribution in [1.29, 1.82) is 10.7 Å². The lowest BCUT2D eigenvalue weighted by atomic mass is 10.1. The highest BCUT2D eigenvalue weighted by Crippen LogP contribution is 2.23. The lowest BCUT2D eigenvalue weighted by Gasteiger charge is -2.11. The number of aromatic carboxylic acids is 1. The second kappa shape index (κ2) is 8.51. The van der Waals surface area contributed by atoms with Gasteiger partial charge in [0.05, 0.1) is 27.8 Å². The average Bonchev–Trinajstić information content (AvgIpc) is 2.67. The van der Waals surface area contributed by atoms with Crippen molar-refractivity contribution in [3.8, 4) is 11.8 Å². The Morgan fingerprint density at radius 2 is 1.86 bits per heavy atom. The summed E-state index contributed by atoms with van der Waals surface area (Å²) < 4.78 is 26.2. The van der Waals surface area contributed by atoms with Crippen molar-refractivity contribution in [2.24, 2.45) is 0 Å². The zero-order valence-corrected chi connectivity index (χ0v) is 15.9. The standard InChI is InChI=1S/C18H16N4O6S/c1-2-21-29(27,28)11-4-5-12(15(23)8-11)16(20)17(24)22-14-6-3-10(9-19)7-13(14)18(25)26/h3-8,20-21,23H,2H2,1H3,(H,22,24)(H,25,26). The van der Waals surface area contributed by atoms with Crippen LogP contribution >= 0.6 is 0 Å². The lowest BCUT2D eigenvalue weighted by molar-refractivity contribution is -0.110. The van der Waals surface area contributed by atoms with Crippen LogP contribution in [0.15, 0.2) is 41.3 Å². The maximum absolute atomic E-state index is 12.3. The van der Waals surface area contributed by atoms with Crippen molar-refractivity contribution in [3.63, 3.8) is 0 Å². The molecule has 2 aromatic carbocycles. The molecule has 0 bridgehead atoms. The van der Waals surface area contributed by atoms with Crippen LogP contribution < -0.4 is 10.0 Å². The first-order valence-electron chi connectivity index (χ1n) is 8.11. The summed E-state index contributed by atoms with van der Waals surface area (Å²) in [7, 11) is -3.84. The number of carboxylic acids is 1. The minimum atomic E-state index is -3.84. The number of carbonyl (C=O) groups is 2. The minimum Gasteiger partial charge on any atom is -0.507 e. The van der Waals surface area contributed by atoms with Gasteiger partial charge in [0.15, 0.2) is 0 Å². The Labute approximate surface area is 166 Å². The summed E-state index contributed by atoms with van der Waals surface area (Å²) in [6, 6.07) is 8.47. The van der Waals surface area contributed by atoms with Crippen LogP contribution in [0.5, 0.6) is 5.75 Å². The Hall–Kier alpha value is -3.75. The molecule has 0 saturated heterocycles. The first kappa shape index (κ1) is 21.5. The first-order valence-corrected chi connectivity index (χ1v) is 9.59. The number of hydrogen-bond donors (Lipinski definition) is 5. The maximum atomic E-state index is 12.3. The van der Waals surface area contributed by atoms with Gasteiger partial charge in [-0.15, -0.1) is 0 Å². The highest BCUT2D eigenvalue weighted by Gasteiger charge is 2.21. The predicted octanol–water partition coefficient (Wildman–Crippen LogP) is 1.27. The van der Waals surface area contributed by atoms with Crippen LogP contribution in [0.3, 0.4) is 0 Å². The van der Waals surface area contributed by atoms with Crippen LogP contribution in [-0.4, -0.2) is 42.8 Å². The molecule has 0 spiro atoms. The molecule has 0 aliphatic rings. The second-order valence-corrected chi connectivity index (χ2v) is 7.45. The molecule has 11 heteroatoms. The van der Waals surface area contributed by atoms with Crippen molar-refractivity contribution < 1.29 is 28.2 Å². The molecule has 0 atom stereocenters. The van der Waals surface area contributed by atoms with Crippen LogP contribution in [0.1, 0.15) is 28.4 Å². The first-order chi connectivity index (χ1) is 13.6. The number of sulfonamides is 1. The third-order valence-electron chi connectivity index (χ3n) is 3.74. The number of phenolic OH excluding ortho intramolecular Hbond substituents is 1. The monoisotopic (exact) mass is 416 g/mol. The molecule has 0 aliphatic carbocycles. The van der Waals surface area contributed by atoms with Crippen LogP contribution in [0.4, 0.5) is 5.69 Å². The van der Waals surface area contributed by atoms with Crippen LogP contribution in [0.2, 0.25) is 0 Å². The normalized spacial score (nSPS) is 10.8. The van der Waals surface area contributed by atoms with Crippen molar-refractivity contribution >= 4 is 33.3 Å². The van der Waals surface area contributed by atoms with E-state index >= 15 is 0 Å². The molecule has 2 rings (SSSR count). The number of hydrogen-bond acceptors (Lipinski definition) is 7. The number of rotatable bonds is 7. The van der Waals surface area contributed by atoms with Gasteiger partial charge in [-0.25, -0.2) is 17.9 Å². The molecule has 0 heterocycles. The molecule has 0 unspecified atom stereocenters. The van der Waals surface area contributed by atoms with Gasteiger partial charge >= 0.3 is 5.97 Å². The molecule has 0 saturated carbocycles. The van der Waals surface area contributed by atoms with E-state index in [1.165, 1.54) is 12.1 Å². The smallest absolute Gasteiger partial charge is 0.337 e. The fourth-order valence-electron chi connectivity index (χ4n) is 2.37. The number of aromatic hydroxyl groups is 1. The zero-order chi connectivity index (χ0) is 21.8. The minimum absolute atomic E-state index is 0.0746. The maximum Gasteiger partial charge on any atom is 0.337 e. The largest absolute Gasteiger partial charge is 0.507 e. The highest BCUT2D eigenvalue weighted by molar-refractivity contribution is 7.89. The van der Waals surface area contributed by atoms with E-state index in [1.807, 2.05) is 0 Å². The average molecular weight is 416 g/mol. The Balaban J connectivity index is 2.31. The summed E-state index contributed by atoms with van der Waals surface area (Å²) in [6.45, 7) is 1.72. The second-order valence-electron chi connectivity index (χ2n) is 5.69. The molecular formula is C18H16N4O6S. The molecule has 29 heavy (non-hydrogen) atoms. The molecule has 2 aromatic rings. The van der Waals surface area contributed by atoms with Crippen molar-refractivity contribution in [1.82, 2.24) is 4.72 Å². The number of anilines is 1. The summed E-state index contributed by atoms with van der Waals surface area (Å²) in [6.07, 6.45) is 0. The predicted molar refractivity (Wildman–Crippen MR) is 103 cm³/mol. The van der Waals surface area contributed by atoms with Gasteiger partial charge in [-0.1, -0.05) is 6.92 Å². The van der Waals surface area contributed by atoms with E-state index in [1.54, 1.807) is 13.0 Å². The van der Waals surface area contributed by atoms with E-state index in [4.69, 9.17) is 10.7 Å². The van der Waals surface area contributed by atoms with Gasteiger partial charge in [0.1, 0.15) is 11.5 Å². The van der Waals surface area contributed by atoms with Crippen LogP contribution in [-0.2, 0) is 14.8 Å². The Kier molecular flexibility index (Phi) is 6.32. The summed E-state index contributed by atoms with van der Waals surface area (Å²) in [5.74, 6) is -3.03. The molecule has 1 amide bonds. The van der Waals surface area contributed by atoms with E-state index in [2.05, 4.69) is 10.0 Å². The molecule has 0 aromatic heterocycles. The summed E-state index contributed by atoms with van der Waals surface area (Å²) in [5.41, 5.74) is -1.37. The van der Waals surface area contributed by atoms with Crippen molar-refractivity contribution in [3.05, 3.63) is 53.1 Å². The molecule has 0 radical (unpaired) electrons. The molecule has 5 N–H and O–H groups in total. The van der Waals surface area contributed by atoms with E-state index in [9.17, 15) is 28.2 Å². The topological polar surface area (TPSA) is 180 Å². The number of nitriles is 1. The number of amides is 1. The Morgan fingerprint density at radius 1 is 1.17 bits per heavy atom. The number of carboxylic acid groups (broad SMARTS) is 1. The van der Waals surface area contributed by atoms with Gasteiger partial charge < -0.3 is 15.5 Å².